The van der Waals surface area contributed by atoms with E-state index in [0.29, 0.717) is 0 Å². The zero-order valence-electron chi connectivity index (χ0n) is 12.6. The van der Waals surface area contributed by atoms with E-state index in [9.17, 15) is 9.90 Å². The summed E-state index contributed by atoms with van der Waals surface area (Å²) in [6, 6.07) is 9.69. The minimum absolute atomic E-state index is 0.147. The van der Waals surface area contributed by atoms with Crippen LogP contribution in [0.3, 0.4) is 0 Å². The van der Waals surface area contributed by atoms with Gasteiger partial charge in [-0.05, 0) is 50.5 Å². The van der Waals surface area contributed by atoms with E-state index in [4.69, 9.17) is 0 Å². The number of rotatable bonds is 3. The van der Waals surface area contributed by atoms with E-state index >= 15 is 0 Å². The summed E-state index contributed by atoms with van der Waals surface area (Å²) in [5.41, 5.74) is 3.70. The Hall–Kier alpha value is -1.57. The molecule has 1 fully saturated rings. The highest BCUT2D eigenvalue weighted by atomic mass is 16.4. The Labute approximate surface area is 121 Å². The van der Waals surface area contributed by atoms with Gasteiger partial charge in [-0.15, -0.1) is 0 Å². The van der Waals surface area contributed by atoms with E-state index in [-0.39, 0.29) is 5.41 Å². The molecule has 20 heavy (non-hydrogen) atoms. The van der Waals surface area contributed by atoms with Crippen molar-refractivity contribution in [2.24, 2.45) is 5.41 Å². The molecule has 2 rings (SSSR count). The molecule has 1 aliphatic rings. The second kappa shape index (κ2) is 5.82. The highest BCUT2D eigenvalue weighted by Gasteiger charge is 2.41. The number of carboxylic acid groups (broad SMARTS) is 1. The zero-order chi connectivity index (χ0) is 14.8. The zero-order valence-corrected chi connectivity index (χ0v) is 12.6. The van der Waals surface area contributed by atoms with E-state index < -0.39 is 11.9 Å². The average Bonchev–Trinajstić information content (AvgIpc) is 2.39. The quantitative estimate of drug-likeness (QED) is 0.805. The standard InChI is InChI=1S/C18H24O2/c1-13(2)14-9-11-18(3,12-10-14)16(17(19)20)15-7-5-4-6-8-15/h4-8,16H,9-12H2,1-3H3,(H,19,20). The maximum Gasteiger partial charge on any atom is 0.311 e. The molecule has 108 valence electrons. The third kappa shape index (κ3) is 2.95. The predicted molar refractivity (Wildman–Crippen MR) is 81.8 cm³/mol. The molecule has 1 atom stereocenters. The van der Waals surface area contributed by atoms with Crippen LogP contribution in [0.25, 0.3) is 0 Å². The van der Waals surface area contributed by atoms with Crippen LogP contribution in [0, 0.1) is 5.41 Å². The monoisotopic (exact) mass is 272 g/mol. The SMILES string of the molecule is CC(C)=C1CCC(C)(C(C(=O)O)c2ccccc2)CC1. The number of carboxylic acids is 1. The molecule has 1 N–H and O–H groups in total. The molecule has 0 bridgehead atoms. The van der Waals surface area contributed by atoms with E-state index in [1.807, 2.05) is 30.3 Å². The van der Waals surface area contributed by atoms with Gasteiger partial charge in [-0.2, -0.15) is 0 Å². The van der Waals surface area contributed by atoms with Gasteiger partial charge in [0.05, 0.1) is 5.92 Å². The van der Waals surface area contributed by atoms with Crippen molar-refractivity contribution in [3.05, 3.63) is 47.0 Å². The lowest BCUT2D eigenvalue weighted by Crippen LogP contribution is -2.34. The van der Waals surface area contributed by atoms with Crippen LogP contribution in [0.5, 0.6) is 0 Å². The second-order valence-electron chi connectivity index (χ2n) is 6.44. The van der Waals surface area contributed by atoms with Gasteiger partial charge < -0.3 is 5.11 Å². The molecule has 1 aromatic rings. The number of aliphatic carboxylic acids is 1. The molecule has 0 aliphatic heterocycles. The largest absolute Gasteiger partial charge is 0.481 e. The number of benzene rings is 1. The fourth-order valence-electron chi connectivity index (χ4n) is 3.40. The highest BCUT2D eigenvalue weighted by Crippen LogP contribution is 2.48. The smallest absolute Gasteiger partial charge is 0.311 e. The Morgan fingerprint density at radius 3 is 2.15 bits per heavy atom. The highest BCUT2D eigenvalue weighted by molar-refractivity contribution is 5.77. The third-order valence-corrected chi connectivity index (χ3v) is 4.78. The summed E-state index contributed by atoms with van der Waals surface area (Å²) in [5.74, 6) is -1.10. The first-order valence-electron chi connectivity index (χ1n) is 7.37. The molecule has 2 nitrogen and oxygen atoms in total. The van der Waals surface area contributed by atoms with Gasteiger partial charge in [0.15, 0.2) is 0 Å². The molecule has 0 radical (unpaired) electrons. The van der Waals surface area contributed by atoms with Gasteiger partial charge in [0.1, 0.15) is 0 Å². The van der Waals surface area contributed by atoms with E-state index in [1.54, 1.807) is 0 Å². The van der Waals surface area contributed by atoms with Gasteiger partial charge in [-0.3, -0.25) is 4.79 Å². The molecule has 0 spiro atoms. The lowest BCUT2D eigenvalue weighted by Gasteiger charge is -2.40. The molecule has 0 aromatic heterocycles. The molecule has 1 aromatic carbocycles. The summed E-state index contributed by atoms with van der Waals surface area (Å²) in [7, 11) is 0. The number of allylic oxidation sites excluding steroid dienone is 2. The molecule has 1 aliphatic carbocycles. The first-order valence-corrected chi connectivity index (χ1v) is 7.37. The van der Waals surface area contributed by atoms with E-state index in [0.717, 1.165) is 31.2 Å². The van der Waals surface area contributed by atoms with Crippen molar-refractivity contribution in [2.45, 2.75) is 52.4 Å². The molecule has 0 amide bonds. The number of carbonyl (C=O) groups is 1. The minimum atomic E-state index is -0.695. The van der Waals surface area contributed by atoms with Crippen LogP contribution in [0.1, 0.15) is 57.9 Å². The fourth-order valence-corrected chi connectivity index (χ4v) is 3.40. The minimum Gasteiger partial charge on any atom is -0.481 e. The van der Waals surface area contributed by atoms with Gasteiger partial charge in [0, 0.05) is 0 Å². The third-order valence-electron chi connectivity index (χ3n) is 4.78. The molecular formula is C18H24O2. The van der Waals surface area contributed by atoms with Crippen molar-refractivity contribution in [3.8, 4) is 0 Å². The second-order valence-corrected chi connectivity index (χ2v) is 6.44. The Balaban J connectivity index is 2.27. The fraction of sp³-hybridized carbons (Fsp3) is 0.500. The van der Waals surface area contributed by atoms with E-state index in [2.05, 4.69) is 20.8 Å². The van der Waals surface area contributed by atoms with Crippen molar-refractivity contribution < 1.29 is 9.90 Å². The lowest BCUT2D eigenvalue weighted by atomic mass is 9.64. The molecular weight excluding hydrogens is 248 g/mol. The molecule has 1 unspecified atom stereocenters. The van der Waals surface area contributed by atoms with Gasteiger partial charge >= 0.3 is 5.97 Å². The van der Waals surface area contributed by atoms with Crippen LogP contribution >= 0.6 is 0 Å². The summed E-state index contributed by atoms with van der Waals surface area (Å²) in [5, 5.41) is 9.71. The van der Waals surface area contributed by atoms with E-state index in [1.165, 1.54) is 11.1 Å². The molecule has 1 saturated carbocycles. The number of hydrogen-bond donors (Lipinski definition) is 1. The van der Waals surface area contributed by atoms with Crippen LogP contribution in [0.4, 0.5) is 0 Å². The topological polar surface area (TPSA) is 37.3 Å². The predicted octanol–water partition coefficient (Wildman–Crippen LogP) is 4.77. The molecule has 0 heterocycles. The van der Waals surface area contributed by atoms with Crippen molar-refractivity contribution in [3.63, 3.8) is 0 Å². The van der Waals surface area contributed by atoms with Crippen LogP contribution in [0.2, 0.25) is 0 Å². The summed E-state index contributed by atoms with van der Waals surface area (Å²) < 4.78 is 0. The van der Waals surface area contributed by atoms with Crippen molar-refractivity contribution in [1.29, 1.82) is 0 Å². The first-order chi connectivity index (χ1) is 9.44. The Bertz CT molecular complexity index is 499. The Kier molecular flexibility index (Phi) is 4.32. The van der Waals surface area contributed by atoms with Crippen LogP contribution in [0.15, 0.2) is 41.5 Å². The normalized spacial score (nSPS) is 24.2. The summed E-state index contributed by atoms with van der Waals surface area (Å²) in [4.78, 5) is 11.8. The van der Waals surface area contributed by atoms with Crippen LogP contribution in [-0.4, -0.2) is 11.1 Å². The summed E-state index contributed by atoms with van der Waals surface area (Å²) in [6.07, 6.45) is 3.99. The average molecular weight is 272 g/mol. The van der Waals surface area contributed by atoms with Gasteiger partial charge in [-0.1, -0.05) is 48.4 Å². The molecule has 2 heteroatoms. The summed E-state index contributed by atoms with van der Waals surface area (Å²) >= 11 is 0. The lowest BCUT2D eigenvalue weighted by molar-refractivity contribution is -0.142. The van der Waals surface area contributed by atoms with Crippen molar-refractivity contribution >= 4 is 5.97 Å². The van der Waals surface area contributed by atoms with Crippen molar-refractivity contribution in [2.75, 3.05) is 0 Å². The maximum absolute atomic E-state index is 11.8. The van der Waals surface area contributed by atoms with Crippen LogP contribution < -0.4 is 0 Å². The van der Waals surface area contributed by atoms with Crippen molar-refractivity contribution in [1.82, 2.24) is 0 Å². The van der Waals surface area contributed by atoms with Crippen LogP contribution in [-0.2, 0) is 4.79 Å². The Morgan fingerprint density at radius 1 is 1.15 bits per heavy atom. The maximum atomic E-state index is 11.8. The van der Waals surface area contributed by atoms with Gasteiger partial charge in [0.25, 0.3) is 0 Å². The molecule has 0 saturated heterocycles. The Morgan fingerprint density at radius 2 is 1.70 bits per heavy atom. The first kappa shape index (κ1) is 14.8. The number of hydrogen-bond acceptors (Lipinski definition) is 1. The summed E-state index contributed by atoms with van der Waals surface area (Å²) in [6.45, 7) is 6.45. The van der Waals surface area contributed by atoms with Gasteiger partial charge in [-0.25, -0.2) is 0 Å². The van der Waals surface area contributed by atoms with Gasteiger partial charge in [0.2, 0.25) is 0 Å².